The highest BCUT2D eigenvalue weighted by atomic mass is 16.5. The van der Waals surface area contributed by atoms with Crippen LogP contribution in [-0.2, 0) is 4.79 Å². The summed E-state index contributed by atoms with van der Waals surface area (Å²) in [4.78, 5) is 32.8. The van der Waals surface area contributed by atoms with Gasteiger partial charge in [-0.1, -0.05) is 23.4 Å². The molecule has 3 heterocycles. The van der Waals surface area contributed by atoms with Gasteiger partial charge in [0.05, 0.1) is 17.9 Å². The van der Waals surface area contributed by atoms with Gasteiger partial charge in [0.25, 0.3) is 5.56 Å². The third-order valence-corrected chi connectivity index (χ3v) is 5.49. The van der Waals surface area contributed by atoms with Crippen LogP contribution in [0.3, 0.4) is 0 Å². The van der Waals surface area contributed by atoms with E-state index in [1.165, 1.54) is 23.8 Å². The zero-order chi connectivity index (χ0) is 23.7. The Morgan fingerprint density at radius 2 is 1.88 bits per heavy atom. The number of nitrogens with two attached hydrogens (primary N) is 2. The van der Waals surface area contributed by atoms with Gasteiger partial charge in [0, 0.05) is 35.5 Å². The quantitative estimate of drug-likeness (QED) is 0.461. The minimum absolute atomic E-state index is 0.108. The first-order chi connectivity index (χ1) is 15.7. The summed E-state index contributed by atoms with van der Waals surface area (Å²) < 4.78 is 6.89. The van der Waals surface area contributed by atoms with E-state index < -0.39 is 6.04 Å². The summed E-state index contributed by atoms with van der Waals surface area (Å²) in [6, 6.07) is 11.8. The topological polar surface area (TPSA) is 143 Å². The smallest absolute Gasteiger partial charge is 0.251 e. The van der Waals surface area contributed by atoms with Crippen molar-refractivity contribution < 1.29 is 9.32 Å². The van der Waals surface area contributed by atoms with Gasteiger partial charge in [-0.2, -0.15) is 0 Å². The van der Waals surface area contributed by atoms with Gasteiger partial charge in [-0.05, 0) is 38.5 Å². The van der Waals surface area contributed by atoms with Gasteiger partial charge < -0.3 is 20.6 Å². The Labute approximate surface area is 190 Å². The molecule has 4 N–H and O–H groups in total. The van der Waals surface area contributed by atoms with Crippen LogP contribution in [0.15, 0.2) is 64.2 Å². The first kappa shape index (κ1) is 22.1. The molecule has 9 nitrogen and oxygen atoms in total. The van der Waals surface area contributed by atoms with Crippen molar-refractivity contribution >= 4 is 11.6 Å². The summed E-state index contributed by atoms with van der Waals surface area (Å²) in [7, 11) is 0. The molecule has 33 heavy (non-hydrogen) atoms. The lowest BCUT2D eigenvalue weighted by molar-refractivity contribution is -0.119. The SMILES string of the molecule is CC(=O)C(C)n1cc(-c2cnc(N)c(-c3cc(-c4cccc(C(C)N)c4)no3)n2)ccc1=O. The Bertz CT molecular complexity index is 1390. The normalized spacial score (nSPS) is 13.0. The van der Waals surface area contributed by atoms with E-state index in [-0.39, 0.29) is 23.2 Å². The van der Waals surface area contributed by atoms with Crippen LogP contribution in [0.25, 0.3) is 34.0 Å². The molecular formula is C24H24N6O3. The fourth-order valence-electron chi connectivity index (χ4n) is 3.38. The van der Waals surface area contributed by atoms with Crippen molar-refractivity contribution in [1.82, 2.24) is 19.7 Å². The Balaban J connectivity index is 1.73. The van der Waals surface area contributed by atoms with Gasteiger partial charge in [0.15, 0.2) is 23.1 Å². The summed E-state index contributed by atoms with van der Waals surface area (Å²) in [6.45, 7) is 5.02. The third-order valence-electron chi connectivity index (χ3n) is 5.49. The molecule has 0 aliphatic carbocycles. The van der Waals surface area contributed by atoms with E-state index in [0.717, 1.165) is 11.1 Å². The number of anilines is 1. The monoisotopic (exact) mass is 444 g/mol. The van der Waals surface area contributed by atoms with Gasteiger partial charge >= 0.3 is 0 Å². The van der Waals surface area contributed by atoms with Crippen molar-refractivity contribution in [2.45, 2.75) is 32.9 Å². The summed E-state index contributed by atoms with van der Waals surface area (Å²) in [5, 5.41) is 4.15. The third kappa shape index (κ3) is 4.44. The molecule has 9 heteroatoms. The predicted molar refractivity (Wildman–Crippen MR) is 125 cm³/mol. The Hall–Kier alpha value is -4.11. The molecule has 3 aromatic heterocycles. The van der Waals surface area contributed by atoms with Crippen LogP contribution in [0.1, 0.15) is 38.4 Å². The van der Waals surface area contributed by atoms with E-state index in [0.29, 0.717) is 28.4 Å². The van der Waals surface area contributed by atoms with Crippen LogP contribution < -0.4 is 17.0 Å². The van der Waals surface area contributed by atoms with Crippen LogP contribution in [0.4, 0.5) is 5.82 Å². The van der Waals surface area contributed by atoms with E-state index in [9.17, 15) is 9.59 Å². The number of hydrogen-bond donors (Lipinski definition) is 2. The van der Waals surface area contributed by atoms with E-state index in [1.807, 2.05) is 31.2 Å². The lowest BCUT2D eigenvalue weighted by Gasteiger charge is -2.13. The molecule has 0 amide bonds. The minimum Gasteiger partial charge on any atom is -0.382 e. The maximum Gasteiger partial charge on any atom is 0.251 e. The first-order valence-electron chi connectivity index (χ1n) is 10.4. The number of aromatic nitrogens is 4. The van der Waals surface area contributed by atoms with Crippen molar-refractivity contribution in [3.63, 3.8) is 0 Å². The Morgan fingerprint density at radius 3 is 2.61 bits per heavy atom. The molecule has 1 aromatic carbocycles. The molecule has 0 aliphatic heterocycles. The molecule has 0 saturated carbocycles. The molecule has 4 rings (SSSR count). The molecule has 168 valence electrons. The number of rotatable bonds is 6. The average Bonchev–Trinajstić information content (AvgIpc) is 3.29. The second-order valence-electron chi connectivity index (χ2n) is 7.93. The standard InChI is InChI=1S/C24H24N6O3/c1-13(25)16-5-4-6-17(9-16)19-10-21(33-29-19)23-24(26)27-11-20(28-23)18-7-8-22(32)30(12-18)14(2)15(3)31/h4-14H,25H2,1-3H3,(H2,26,27). The average molecular weight is 444 g/mol. The molecule has 2 unspecified atom stereocenters. The van der Waals surface area contributed by atoms with Crippen LogP contribution in [0.5, 0.6) is 0 Å². The van der Waals surface area contributed by atoms with Gasteiger partial charge in [0.2, 0.25) is 0 Å². The molecule has 0 fully saturated rings. The van der Waals surface area contributed by atoms with Crippen molar-refractivity contribution in [2.75, 3.05) is 5.73 Å². The highest BCUT2D eigenvalue weighted by Crippen LogP contribution is 2.30. The molecule has 0 radical (unpaired) electrons. The Kier molecular flexibility index (Phi) is 5.89. The second kappa shape index (κ2) is 8.79. The van der Waals surface area contributed by atoms with Crippen molar-refractivity contribution in [3.05, 3.63) is 70.8 Å². The van der Waals surface area contributed by atoms with Crippen LogP contribution >= 0.6 is 0 Å². The second-order valence-corrected chi connectivity index (χ2v) is 7.93. The van der Waals surface area contributed by atoms with Gasteiger partial charge in [0.1, 0.15) is 5.69 Å². The Morgan fingerprint density at radius 1 is 1.09 bits per heavy atom. The maximum absolute atomic E-state index is 12.2. The number of hydrogen-bond acceptors (Lipinski definition) is 8. The van der Waals surface area contributed by atoms with Crippen LogP contribution in [-0.4, -0.2) is 25.5 Å². The minimum atomic E-state index is -0.595. The molecule has 0 spiro atoms. The molecule has 0 saturated heterocycles. The zero-order valence-corrected chi connectivity index (χ0v) is 18.5. The van der Waals surface area contributed by atoms with Gasteiger partial charge in [-0.15, -0.1) is 0 Å². The van der Waals surface area contributed by atoms with Crippen molar-refractivity contribution in [2.24, 2.45) is 5.73 Å². The summed E-state index contributed by atoms with van der Waals surface area (Å²) in [5.74, 6) is 0.408. The predicted octanol–water partition coefficient (Wildman–Crippen LogP) is 3.38. The maximum atomic E-state index is 12.2. The highest BCUT2D eigenvalue weighted by Gasteiger charge is 2.17. The van der Waals surface area contributed by atoms with E-state index in [4.69, 9.17) is 16.0 Å². The van der Waals surface area contributed by atoms with Crippen LogP contribution in [0, 0.1) is 0 Å². The number of nitrogens with zero attached hydrogens (tertiary/aromatic N) is 4. The first-order valence-corrected chi connectivity index (χ1v) is 10.4. The summed E-state index contributed by atoms with van der Waals surface area (Å²) in [6.07, 6.45) is 3.09. The lowest BCUT2D eigenvalue weighted by atomic mass is 10.0. The number of benzene rings is 1. The fraction of sp³-hybridized carbons (Fsp3) is 0.208. The largest absolute Gasteiger partial charge is 0.382 e. The number of pyridine rings is 1. The number of Topliss-reactive ketones (excluding diaryl/α,β-unsaturated/α-hetero) is 1. The summed E-state index contributed by atoms with van der Waals surface area (Å²) >= 11 is 0. The van der Waals surface area contributed by atoms with Gasteiger partial charge in [-0.3, -0.25) is 9.59 Å². The molecular weight excluding hydrogens is 420 g/mol. The van der Waals surface area contributed by atoms with E-state index >= 15 is 0 Å². The van der Waals surface area contributed by atoms with Gasteiger partial charge in [-0.25, -0.2) is 9.97 Å². The van der Waals surface area contributed by atoms with Crippen molar-refractivity contribution in [1.29, 1.82) is 0 Å². The van der Waals surface area contributed by atoms with E-state index in [2.05, 4.69) is 15.1 Å². The zero-order valence-electron chi connectivity index (χ0n) is 18.5. The molecule has 4 aromatic rings. The summed E-state index contributed by atoms with van der Waals surface area (Å²) in [5.41, 5.74) is 15.6. The fourth-order valence-corrected chi connectivity index (χ4v) is 3.38. The van der Waals surface area contributed by atoms with Crippen LogP contribution in [0.2, 0.25) is 0 Å². The highest BCUT2D eigenvalue weighted by molar-refractivity contribution is 5.79. The number of nitrogen functional groups attached to an aromatic ring is 1. The molecule has 2 atom stereocenters. The molecule has 0 bridgehead atoms. The van der Waals surface area contributed by atoms with Crippen molar-refractivity contribution in [3.8, 4) is 34.0 Å². The lowest BCUT2D eigenvalue weighted by Crippen LogP contribution is -2.26. The number of carbonyl (C=O) groups is 1. The number of ketones is 1. The molecule has 0 aliphatic rings. The number of carbonyl (C=O) groups excluding carboxylic acids is 1. The van der Waals surface area contributed by atoms with E-state index in [1.54, 1.807) is 25.3 Å².